The van der Waals surface area contributed by atoms with Crippen LogP contribution in [-0.4, -0.2) is 25.5 Å². The van der Waals surface area contributed by atoms with Gasteiger partial charge < -0.3 is 20.8 Å². The second kappa shape index (κ2) is 8.22. The summed E-state index contributed by atoms with van der Waals surface area (Å²) in [5, 5.41) is 7.33. The summed E-state index contributed by atoms with van der Waals surface area (Å²) in [6.45, 7) is 6.69. The number of piperidine rings is 1. The zero-order valence-corrected chi connectivity index (χ0v) is 14.4. The van der Waals surface area contributed by atoms with Crippen LogP contribution in [0.4, 0.5) is 5.69 Å². The van der Waals surface area contributed by atoms with Crippen LogP contribution in [-0.2, 0) is 0 Å². The van der Waals surface area contributed by atoms with Crippen LogP contribution in [0.2, 0.25) is 5.02 Å². The minimum Gasteiger partial charge on any atom is -0.463 e. The molecule has 1 amide bonds. The van der Waals surface area contributed by atoms with E-state index in [-0.39, 0.29) is 5.91 Å². The maximum atomic E-state index is 12.4. The largest absolute Gasteiger partial charge is 0.463 e. The Morgan fingerprint density at radius 3 is 2.83 bits per heavy atom. The number of nitrogens with one attached hydrogen (secondary N) is 2. The molecule has 1 aromatic carbocycles. The molecule has 1 aliphatic rings. The Hall–Kier alpha value is -1.72. The van der Waals surface area contributed by atoms with Gasteiger partial charge in [-0.1, -0.05) is 25.4 Å². The van der Waals surface area contributed by atoms with Crippen molar-refractivity contribution in [2.24, 2.45) is 5.92 Å². The molecule has 23 heavy (non-hydrogen) atoms. The number of nitrogens with two attached hydrogens (primary N) is 1. The lowest BCUT2D eigenvalue weighted by Crippen LogP contribution is -2.36. The lowest BCUT2D eigenvalue weighted by molar-refractivity contribution is 0.0945. The number of hydrogen-bond acceptors (Lipinski definition) is 4. The van der Waals surface area contributed by atoms with Crippen molar-refractivity contribution in [1.82, 2.24) is 10.6 Å². The predicted molar refractivity (Wildman–Crippen MR) is 94.9 cm³/mol. The maximum Gasteiger partial charge on any atom is 0.255 e. The summed E-state index contributed by atoms with van der Waals surface area (Å²) in [6.07, 6.45) is 3.68. The number of rotatable bonds is 3. The molecule has 0 spiro atoms. The number of hydrogen-bond donors (Lipinski definition) is 3. The molecule has 4 N–H and O–H groups in total. The van der Waals surface area contributed by atoms with Crippen LogP contribution in [0.15, 0.2) is 22.8 Å². The van der Waals surface area contributed by atoms with E-state index in [1.165, 1.54) is 6.26 Å². The first-order valence-electron chi connectivity index (χ1n) is 8.11. The zero-order valence-electron chi connectivity index (χ0n) is 13.6. The molecule has 1 aromatic heterocycles. The number of nitrogen functional groups attached to an aromatic ring is 1. The smallest absolute Gasteiger partial charge is 0.255 e. The second-order valence-corrected chi connectivity index (χ2v) is 5.79. The Kier molecular flexibility index (Phi) is 6.30. The van der Waals surface area contributed by atoms with E-state index in [2.05, 4.69) is 10.6 Å². The van der Waals surface area contributed by atoms with E-state index >= 15 is 0 Å². The van der Waals surface area contributed by atoms with Gasteiger partial charge in [-0.05, 0) is 44.0 Å². The summed E-state index contributed by atoms with van der Waals surface area (Å²) < 4.78 is 5.39. The zero-order chi connectivity index (χ0) is 16.8. The first kappa shape index (κ1) is 17.6. The molecule has 0 saturated carbocycles. The number of fused-ring (bicyclic) bond motifs is 1. The number of anilines is 1. The fourth-order valence-corrected chi connectivity index (χ4v) is 2.93. The quantitative estimate of drug-likeness (QED) is 0.750. The van der Waals surface area contributed by atoms with Gasteiger partial charge in [-0.15, -0.1) is 0 Å². The lowest BCUT2D eigenvalue weighted by atomic mass is 9.98. The van der Waals surface area contributed by atoms with Gasteiger partial charge in [0.05, 0.1) is 22.5 Å². The van der Waals surface area contributed by atoms with Crippen molar-refractivity contribution in [1.29, 1.82) is 0 Å². The average molecular weight is 338 g/mol. The Morgan fingerprint density at radius 1 is 1.43 bits per heavy atom. The van der Waals surface area contributed by atoms with Crippen molar-refractivity contribution >= 4 is 34.2 Å². The van der Waals surface area contributed by atoms with E-state index in [0.29, 0.717) is 39.7 Å². The van der Waals surface area contributed by atoms with Gasteiger partial charge >= 0.3 is 0 Å². The fraction of sp³-hybridized carbons (Fsp3) is 0.471. The molecule has 0 atom stereocenters. The molecule has 0 radical (unpaired) electrons. The van der Waals surface area contributed by atoms with Gasteiger partial charge in [-0.3, -0.25) is 4.79 Å². The number of benzene rings is 1. The summed E-state index contributed by atoms with van der Waals surface area (Å²) in [6, 6.07) is 3.29. The van der Waals surface area contributed by atoms with E-state index in [9.17, 15) is 4.79 Å². The van der Waals surface area contributed by atoms with Crippen LogP contribution >= 0.6 is 11.6 Å². The molecule has 126 valence electrons. The topological polar surface area (TPSA) is 80.3 Å². The Morgan fingerprint density at radius 2 is 2.13 bits per heavy atom. The van der Waals surface area contributed by atoms with Crippen LogP contribution in [0.5, 0.6) is 0 Å². The fourth-order valence-electron chi connectivity index (χ4n) is 2.72. The molecule has 0 unspecified atom stereocenters. The number of carbonyl (C=O) groups is 1. The third kappa shape index (κ3) is 3.98. The number of carbonyl (C=O) groups excluding carboxylic acids is 1. The van der Waals surface area contributed by atoms with Crippen LogP contribution < -0.4 is 16.4 Å². The highest BCUT2D eigenvalue weighted by atomic mass is 35.5. The predicted octanol–water partition coefficient (Wildman–Crippen LogP) is 3.42. The van der Waals surface area contributed by atoms with Gasteiger partial charge in [0.2, 0.25) is 0 Å². The first-order chi connectivity index (χ1) is 11.2. The molecule has 2 heterocycles. The molecule has 1 fully saturated rings. The Bertz CT molecular complexity index is 663. The van der Waals surface area contributed by atoms with Gasteiger partial charge in [0.1, 0.15) is 5.58 Å². The molecule has 0 aliphatic carbocycles. The van der Waals surface area contributed by atoms with E-state index in [0.717, 1.165) is 25.9 Å². The molecule has 2 aromatic rings. The maximum absolute atomic E-state index is 12.4. The van der Waals surface area contributed by atoms with Crippen LogP contribution in [0, 0.1) is 5.92 Å². The lowest BCUT2D eigenvalue weighted by Gasteiger charge is -2.22. The standard InChI is InChI=1S/C15H18ClN3O2.C2H6/c16-12-7-11(14-10(13(12)17)3-6-21-14)15(20)19-8-9-1-4-18-5-2-9;1-2/h3,6-7,9,18H,1-2,4-5,8,17H2,(H,19,20);1-2H3. The number of halogens is 1. The highest BCUT2D eigenvalue weighted by molar-refractivity contribution is 6.35. The first-order valence-corrected chi connectivity index (χ1v) is 8.48. The minimum absolute atomic E-state index is 0.171. The highest BCUT2D eigenvalue weighted by Gasteiger charge is 2.19. The van der Waals surface area contributed by atoms with Gasteiger partial charge in [-0.2, -0.15) is 0 Å². The minimum atomic E-state index is -0.171. The summed E-state index contributed by atoms with van der Waals surface area (Å²) in [5.74, 6) is 0.349. The van der Waals surface area contributed by atoms with E-state index in [4.69, 9.17) is 21.8 Å². The monoisotopic (exact) mass is 337 g/mol. The summed E-state index contributed by atoms with van der Waals surface area (Å²) in [5.41, 5.74) is 7.25. The van der Waals surface area contributed by atoms with Crippen LogP contribution in [0.25, 0.3) is 11.0 Å². The van der Waals surface area contributed by atoms with Crippen LogP contribution in [0.1, 0.15) is 37.0 Å². The average Bonchev–Trinajstić information content (AvgIpc) is 3.08. The van der Waals surface area contributed by atoms with Crippen molar-refractivity contribution in [2.75, 3.05) is 25.4 Å². The molecule has 1 saturated heterocycles. The molecule has 0 bridgehead atoms. The van der Waals surface area contributed by atoms with Gasteiger partial charge in [-0.25, -0.2) is 0 Å². The third-order valence-electron chi connectivity index (χ3n) is 3.98. The summed E-state index contributed by atoms with van der Waals surface area (Å²) >= 11 is 6.09. The van der Waals surface area contributed by atoms with E-state index < -0.39 is 0 Å². The third-order valence-corrected chi connectivity index (χ3v) is 4.30. The number of furan rings is 1. The van der Waals surface area contributed by atoms with Crippen molar-refractivity contribution in [2.45, 2.75) is 26.7 Å². The van der Waals surface area contributed by atoms with E-state index in [1.807, 2.05) is 13.8 Å². The van der Waals surface area contributed by atoms with Crippen LogP contribution in [0.3, 0.4) is 0 Å². The van der Waals surface area contributed by atoms with Crippen molar-refractivity contribution < 1.29 is 9.21 Å². The Labute approximate surface area is 141 Å². The van der Waals surface area contributed by atoms with Crippen molar-refractivity contribution in [3.63, 3.8) is 0 Å². The van der Waals surface area contributed by atoms with Gasteiger partial charge in [0.15, 0.2) is 0 Å². The second-order valence-electron chi connectivity index (χ2n) is 5.39. The SMILES string of the molecule is CC.Nc1c(Cl)cc(C(=O)NCC2CCNCC2)c2occc12. The molecule has 6 heteroatoms. The van der Waals surface area contributed by atoms with Gasteiger partial charge in [0.25, 0.3) is 5.91 Å². The highest BCUT2D eigenvalue weighted by Crippen LogP contribution is 2.32. The number of amides is 1. The van der Waals surface area contributed by atoms with Gasteiger partial charge in [0, 0.05) is 11.9 Å². The molecule has 1 aliphatic heterocycles. The summed E-state index contributed by atoms with van der Waals surface area (Å²) in [7, 11) is 0. The Balaban J connectivity index is 0.000000924. The molecule has 5 nitrogen and oxygen atoms in total. The molecular weight excluding hydrogens is 314 g/mol. The van der Waals surface area contributed by atoms with Crippen molar-refractivity contribution in [3.8, 4) is 0 Å². The normalized spacial score (nSPS) is 15.1. The summed E-state index contributed by atoms with van der Waals surface area (Å²) in [4.78, 5) is 12.4. The molecular formula is C17H24ClN3O2. The molecule has 3 rings (SSSR count). The van der Waals surface area contributed by atoms with E-state index in [1.54, 1.807) is 12.1 Å². The van der Waals surface area contributed by atoms with Crippen molar-refractivity contribution in [3.05, 3.63) is 29.0 Å².